The highest BCUT2D eigenvalue weighted by atomic mass is 19.4. The van der Waals surface area contributed by atoms with Crippen molar-refractivity contribution in [1.82, 2.24) is 10.3 Å². The third kappa shape index (κ3) is 5.85. The Morgan fingerprint density at radius 3 is 2.81 bits per heavy atom. The van der Waals surface area contributed by atoms with Crippen molar-refractivity contribution in [2.45, 2.75) is 38.2 Å². The SMILES string of the molecule is C=NC(=N)C(=NC(C)=C1NC=CC=C1C(F)(F)F)C(=O)Nc1ncccc1N1CCC(C)(N)C(F)C1. The molecular weight excluding hydrogens is 480 g/mol. The van der Waals surface area contributed by atoms with E-state index in [1.165, 1.54) is 25.4 Å². The average Bonchev–Trinajstić information content (AvgIpc) is 2.83. The fourth-order valence-corrected chi connectivity index (χ4v) is 3.64. The Morgan fingerprint density at radius 2 is 2.17 bits per heavy atom. The lowest BCUT2D eigenvalue weighted by atomic mass is 9.89. The van der Waals surface area contributed by atoms with Crippen LogP contribution in [0.5, 0.6) is 0 Å². The van der Waals surface area contributed by atoms with Crippen molar-refractivity contribution in [3.63, 3.8) is 0 Å². The van der Waals surface area contributed by atoms with Gasteiger partial charge in [-0.15, -0.1) is 0 Å². The summed E-state index contributed by atoms with van der Waals surface area (Å²) in [5, 5.41) is 13.0. The van der Waals surface area contributed by atoms with Gasteiger partial charge in [0.05, 0.1) is 29.2 Å². The number of amidine groups is 1. The van der Waals surface area contributed by atoms with Crippen LogP contribution in [0.4, 0.5) is 29.1 Å². The van der Waals surface area contributed by atoms with Crippen LogP contribution in [0.3, 0.4) is 0 Å². The average molecular weight is 507 g/mol. The van der Waals surface area contributed by atoms with E-state index < -0.39 is 40.9 Å². The van der Waals surface area contributed by atoms with Crippen molar-refractivity contribution in [2.24, 2.45) is 15.7 Å². The molecule has 3 heterocycles. The molecule has 0 saturated carbocycles. The molecule has 1 aromatic heterocycles. The summed E-state index contributed by atoms with van der Waals surface area (Å²) in [6.07, 6.45) is -0.910. The summed E-state index contributed by atoms with van der Waals surface area (Å²) in [6.45, 7) is 6.48. The summed E-state index contributed by atoms with van der Waals surface area (Å²) in [7, 11) is 0. The third-order valence-electron chi connectivity index (χ3n) is 5.78. The number of alkyl halides is 4. The number of dihydropyridines is 1. The molecule has 192 valence electrons. The van der Waals surface area contributed by atoms with Crippen molar-refractivity contribution in [3.05, 3.63) is 53.6 Å². The molecule has 0 bridgehead atoms. The molecule has 2 atom stereocenters. The standard InChI is InChI=1S/C23H26F4N8O/c1-13(17-14(23(25,26)27)6-4-9-31-17)33-18(19(28)30-3)21(36)34-20-15(7-5-10-32-20)35-11-8-22(2,29)16(24)12-35/h4-7,9-10,16,28,31H,3,8,11-12,29H2,1-2H3,(H,32,34,36). The van der Waals surface area contributed by atoms with Crippen LogP contribution in [0.2, 0.25) is 0 Å². The number of halogens is 4. The molecule has 36 heavy (non-hydrogen) atoms. The minimum Gasteiger partial charge on any atom is -0.365 e. The van der Waals surface area contributed by atoms with Gasteiger partial charge in [-0.1, -0.05) is 0 Å². The zero-order valence-electron chi connectivity index (χ0n) is 19.7. The highest BCUT2D eigenvalue weighted by molar-refractivity contribution is 6.68. The van der Waals surface area contributed by atoms with E-state index >= 15 is 0 Å². The first-order valence-electron chi connectivity index (χ1n) is 10.9. The molecule has 1 amide bonds. The number of piperidine rings is 1. The van der Waals surface area contributed by atoms with E-state index in [1.54, 1.807) is 24.0 Å². The highest BCUT2D eigenvalue weighted by Crippen LogP contribution is 2.33. The largest absolute Gasteiger partial charge is 0.418 e. The first kappa shape index (κ1) is 26.7. The number of nitrogens with one attached hydrogen (secondary N) is 3. The number of amides is 1. The molecule has 0 radical (unpaired) electrons. The third-order valence-corrected chi connectivity index (χ3v) is 5.78. The van der Waals surface area contributed by atoms with Gasteiger partial charge >= 0.3 is 6.18 Å². The van der Waals surface area contributed by atoms with Gasteiger partial charge in [-0.3, -0.25) is 10.2 Å². The number of carbonyl (C=O) groups is 1. The maximum absolute atomic E-state index is 14.6. The minimum absolute atomic E-state index is 0.0243. The molecule has 1 aromatic rings. The minimum atomic E-state index is -4.68. The van der Waals surface area contributed by atoms with E-state index in [4.69, 9.17) is 11.1 Å². The monoisotopic (exact) mass is 506 g/mol. The van der Waals surface area contributed by atoms with Gasteiger partial charge in [0, 0.05) is 24.5 Å². The number of aromatic nitrogens is 1. The van der Waals surface area contributed by atoms with Gasteiger partial charge in [-0.05, 0) is 51.3 Å². The molecule has 3 rings (SSSR count). The lowest BCUT2D eigenvalue weighted by Crippen LogP contribution is -2.57. The van der Waals surface area contributed by atoms with Crippen molar-refractivity contribution < 1.29 is 22.4 Å². The number of rotatable bonds is 5. The number of nitrogens with two attached hydrogens (primary N) is 1. The summed E-state index contributed by atoms with van der Waals surface area (Å²) in [4.78, 5) is 26.3. The molecule has 2 aliphatic rings. The zero-order chi connectivity index (χ0) is 26.7. The molecule has 9 nitrogen and oxygen atoms in total. The van der Waals surface area contributed by atoms with Gasteiger partial charge in [-0.25, -0.2) is 19.4 Å². The number of pyridine rings is 1. The van der Waals surface area contributed by atoms with E-state index in [2.05, 4.69) is 32.3 Å². The van der Waals surface area contributed by atoms with E-state index in [0.717, 1.165) is 6.08 Å². The van der Waals surface area contributed by atoms with Crippen LogP contribution in [0.1, 0.15) is 20.3 Å². The Bertz CT molecular complexity index is 1180. The number of hydrogen-bond donors (Lipinski definition) is 4. The molecule has 1 saturated heterocycles. The normalized spacial score (nSPS) is 24.0. The lowest BCUT2D eigenvalue weighted by Gasteiger charge is -2.41. The number of aliphatic imine (C=N–C) groups is 2. The Kier molecular flexibility index (Phi) is 7.72. The molecule has 13 heteroatoms. The fraction of sp³-hybridized carbons (Fsp3) is 0.348. The summed E-state index contributed by atoms with van der Waals surface area (Å²) in [5.41, 5.74) is 3.26. The number of hydrogen-bond acceptors (Lipinski definition) is 7. The first-order chi connectivity index (χ1) is 16.8. The van der Waals surface area contributed by atoms with Crippen molar-refractivity contribution in [3.8, 4) is 0 Å². The Hall–Kier alpha value is -3.87. The van der Waals surface area contributed by atoms with Crippen LogP contribution in [0.25, 0.3) is 0 Å². The van der Waals surface area contributed by atoms with E-state index in [0.29, 0.717) is 18.7 Å². The van der Waals surface area contributed by atoms with Crippen LogP contribution in [0.15, 0.2) is 63.6 Å². The second-order valence-electron chi connectivity index (χ2n) is 8.50. The second-order valence-corrected chi connectivity index (χ2v) is 8.50. The summed E-state index contributed by atoms with van der Waals surface area (Å²) in [5.74, 6) is -1.55. The molecule has 0 aromatic carbocycles. The summed E-state index contributed by atoms with van der Waals surface area (Å²) in [6, 6.07) is 3.24. The van der Waals surface area contributed by atoms with Gasteiger partial charge in [0.25, 0.3) is 5.91 Å². The predicted molar refractivity (Wildman–Crippen MR) is 131 cm³/mol. The fourth-order valence-electron chi connectivity index (χ4n) is 3.64. The number of allylic oxidation sites excluding steroid dienone is 4. The van der Waals surface area contributed by atoms with Gasteiger partial charge in [0.2, 0.25) is 0 Å². The topological polar surface area (TPSA) is 132 Å². The Morgan fingerprint density at radius 1 is 1.44 bits per heavy atom. The van der Waals surface area contributed by atoms with E-state index in [1.807, 2.05) is 0 Å². The van der Waals surface area contributed by atoms with Gasteiger partial charge in [0.1, 0.15) is 6.17 Å². The first-order valence-corrected chi connectivity index (χ1v) is 10.9. The van der Waals surface area contributed by atoms with Crippen LogP contribution >= 0.6 is 0 Å². The van der Waals surface area contributed by atoms with Crippen LogP contribution in [-0.2, 0) is 4.79 Å². The number of carbonyl (C=O) groups excluding carboxylic acids is 1. The molecule has 1 fully saturated rings. The number of nitrogens with zero attached hydrogens (tertiary/aromatic N) is 4. The van der Waals surface area contributed by atoms with Gasteiger partial charge < -0.3 is 21.3 Å². The Balaban J connectivity index is 1.94. The predicted octanol–water partition coefficient (Wildman–Crippen LogP) is 3.24. The van der Waals surface area contributed by atoms with Crippen molar-refractivity contribution in [2.75, 3.05) is 23.3 Å². The molecule has 2 aliphatic heterocycles. The maximum atomic E-state index is 14.6. The summed E-state index contributed by atoms with van der Waals surface area (Å²) < 4.78 is 54.9. The molecular formula is C23H26F4N8O. The molecule has 0 aliphatic carbocycles. The zero-order valence-corrected chi connectivity index (χ0v) is 19.7. The Labute approximate surface area is 205 Å². The molecule has 2 unspecified atom stereocenters. The highest BCUT2D eigenvalue weighted by Gasteiger charge is 2.38. The maximum Gasteiger partial charge on any atom is 0.418 e. The van der Waals surface area contributed by atoms with Crippen LogP contribution in [-0.4, -0.2) is 60.1 Å². The number of anilines is 2. The molecule has 0 spiro atoms. The van der Waals surface area contributed by atoms with Crippen LogP contribution < -0.4 is 21.3 Å². The van der Waals surface area contributed by atoms with Crippen molar-refractivity contribution in [1.29, 1.82) is 5.41 Å². The summed E-state index contributed by atoms with van der Waals surface area (Å²) >= 11 is 0. The second kappa shape index (κ2) is 10.4. The molecule has 5 N–H and O–H groups in total. The smallest absolute Gasteiger partial charge is 0.365 e. The van der Waals surface area contributed by atoms with Crippen LogP contribution in [0, 0.1) is 5.41 Å². The van der Waals surface area contributed by atoms with E-state index in [9.17, 15) is 22.4 Å². The quantitative estimate of drug-likeness (QED) is 0.277. The van der Waals surface area contributed by atoms with Gasteiger partial charge in [-0.2, -0.15) is 13.2 Å². The van der Waals surface area contributed by atoms with E-state index in [-0.39, 0.29) is 23.8 Å². The van der Waals surface area contributed by atoms with Gasteiger partial charge in [0.15, 0.2) is 17.4 Å². The lowest BCUT2D eigenvalue weighted by molar-refractivity contribution is -0.110. The van der Waals surface area contributed by atoms with Crippen molar-refractivity contribution >= 4 is 35.7 Å².